The summed E-state index contributed by atoms with van der Waals surface area (Å²) in [5, 5.41) is 11.9. The van der Waals surface area contributed by atoms with Gasteiger partial charge in [-0.05, 0) is 30.2 Å². The Balaban J connectivity index is 1.58. The smallest absolute Gasteiger partial charge is 0.252 e. The normalized spacial score (nSPS) is 21.4. The Bertz CT molecular complexity index is 631. The van der Waals surface area contributed by atoms with Crippen LogP contribution in [0.4, 0.5) is 0 Å². The van der Waals surface area contributed by atoms with E-state index in [9.17, 15) is 18.3 Å². The lowest BCUT2D eigenvalue weighted by atomic mass is 9.89. The molecule has 1 aromatic rings. The highest BCUT2D eigenvalue weighted by Gasteiger charge is 2.53. The lowest BCUT2D eigenvalue weighted by molar-refractivity contribution is -0.159. The van der Waals surface area contributed by atoms with E-state index in [1.807, 2.05) is 0 Å². The molecule has 8 heteroatoms. The summed E-state index contributed by atoms with van der Waals surface area (Å²) in [4.78, 5) is 13.6. The Morgan fingerprint density at radius 2 is 2.19 bits per heavy atom. The zero-order valence-corrected chi connectivity index (χ0v) is 13.4. The number of sulfonamides is 1. The molecule has 2 aliphatic rings. The number of hydrogen-bond donors (Lipinski definition) is 1. The van der Waals surface area contributed by atoms with Gasteiger partial charge < -0.3 is 10.0 Å². The van der Waals surface area contributed by atoms with E-state index in [1.54, 1.807) is 11.4 Å². The van der Waals surface area contributed by atoms with Crippen molar-refractivity contribution >= 4 is 27.3 Å². The molecule has 0 aromatic carbocycles. The van der Waals surface area contributed by atoms with Crippen LogP contribution in [0, 0.1) is 5.92 Å². The third kappa shape index (κ3) is 2.73. The first-order valence-electron chi connectivity index (χ1n) is 6.83. The topological polar surface area (TPSA) is 77.9 Å². The van der Waals surface area contributed by atoms with Crippen LogP contribution in [0.3, 0.4) is 0 Å². The van der Waals surface area contributed by atoms with Gasteiger partial charge >= 0.3 is 0 Å². The van der Waals surface area contributed by atoms with Crippen LogP contribution in [0.2, 0.25) is 0 Å². The molecule has 1 aromatic heterocycles. The van der Waals surface area contributed by atoms with E-state index in [0.717, 1.165) is 28.5 Å². The average molecular weight is 330 g/mol. The molecule has 0 unspecified atom stereocenters. The molecule has 1 saturated heterocycles. The molecule has 3 rings (SSSR count). The minimum Gasteiger partial charge on any atom is -0.386 e. The van der Waals surface area contributed by atoms with Gasteiger partial charge in [-0.25, -0.2) is 8.42 Å². The Kier molecular flexibility index (Phi) is 3.59. The molecule has 2 fully saturated rings. The van der Waals surface area contributed by atoms with Gasteiger partial charge in [-0.1, -0.05) is 6.07 Å². The molecular formula is C13H18N2O4S2. The Morgan fingerprint density at radius 1 is 1.52 bits per heavy atom. The monoisotopic (exact) mass is 330 g/mol. The fourth-order valence-corrected chi connectivity index (χ4v) is 4.93. The number of thiophene rings is 1. The minimum absolute atomic E-state index is 0.193. The standard InChI is InChI=1S/C13H18N2O4S2/c1-14(21(18,19)12-3-2-6-20-12)7-11(16)15-8-13(17,9-15)10-4-5-10/h2-3,6,10,17H,4-5,7-9H2,1H3. The molecule has 1 aliphatic carbocycles. The molecule has 21 heavy (non-hydrogen) atoms. The van der Waals surface area contributed by atoms with Crippen LogP contribution in [-0.2, 0) is 14.8 Å². The van der Waals surface area contributed by atoms with Gasteiger partial charge in [0.25, 0.3) is 10.0 Å². The number of aliphatic hydroxyl groups is 1. The number of amides is 1. The Labute approximate surface area is 128 Å². The molecule has 1 aliphatic heterocycles. The maximum atomic E-state index is 12.2. The van der Waals surface area contributed by atoms with E-state index < -0.39 is 15.6 Å². The Hall–Kier alpha value is -0.960. The summed E-state index contributed by atoms with van der Waals surface area (Å²) < 4.78 is 25.7. The number of carbonyl (C=O) groups is 1. The fraction of sp³-hybridized carbons (Fsp3) is 0.615. The number of likely N-dealkylation sites (N-methyl/N-ethyl adjacent to an activating group) is 1. The van der Waals surface area contributed by atoms with E-state index in [-0.39, 0.29) is 16.7 Å². The van der Waals surface area contributed by atoms with Crippen LogP contribution in [0.15, 0.2) is 21.7 Å². The summed E-state index contributed by atoms with van der Waals surface area (Å²) >= 11 is 1.13. The summed E-state index contributed by atoms with van der Waals surface area (Å²) in [5.41, 5.74) is -0.735. The lowest BCUT2D eigenvalue weighted by Gasteiger charge is -2.47. The highest BCUT2D eigenvalue weighted by Crippen LogP contribution is 2.44. The van der Waals surface area contributed by atoms with Gasteiger partial charge in [-0.3, -0.25) is 4.79 Å². The van der Waals surface area contributed by atoms with Crippen LogP contribution < -0.4 is 0 Å². The SMILES string of the molecule is CN(CC(=O)N1CC(O)(C2CC2)C1)S(=O)(=O)c1cccs1. The summed E-state index contributed by atoms with van der Waals surface area (Å²) in [7, 11) is -2.20. The number of β-amino-alcohol motifs (C(OH)–C–C–N with tert-alkyl or cyclic N) is 1. The summed E-state index contributed by atoms with van der Waals surface area (Å²) in [6.07, 6.45) is 2.04. The zero-order valence-electron chi connectivity index (χ0n) is 11.7. The molecule has 1 saturated carbocycles. The number of rotatable bonds is 5. The summed E-state index contributed by atoms with van der Waals surface area (Å²) in [5.74, 6) is 0.0529. The van der Waals surface area contributed by atoms with Crippen LogP contribution >= 0.6 is 11.3 Å². The predicted octanol–water partition coefficient (Wildman–Crippen LogP) is 0.352. The van der Waals surface area contributed by atoms with Crippen molar-refractivity contribution < 1.29 is 18.3 Å². The van der Waals surface area contributed by atoms with Gasteiger partial charge in [-0.2, -0.15) is 4.31 Å². The van der Waals surface area contributed by atoms with Gasteiger partial charge in [0, 0.05) is 7.05 Å². The molecular weight excluding hydrogens is 312 g/mol. The molecule has 1 N–H and O–H groups in total. The van der Waals surface area contributed by atoms with Crippen LogP contribution in [0.25, 0.3) is 0 Å². The lowest BCUT2D eigenvalue weighted by Crippen LogP contribution is -2.65. The van der Waals surface area contributed by atoms with Gasteiger partial charge in [-0.15, -0.1) is 11.3 Å². The first-order chi connectivity index (χ1) is 9.83. The molecule has 0 spiro atoms. The number of likely N-dealkylation sites (tertiary alicyclic amines) is 1. The van der Waals surface area contributed by atoms with Gasteiger partial charge in [0.05, 0.1) is 19.6 Å². The van der Waals surface area contributed by atoms with E-state index in [1.165, 1.54) is 18.0 Å². The average Bonchev–Trinajstić information content (AvgIpc) is 3.09. The van der Waals surface area contributed by atoms with Crippen LogP contribution in [0.5, 0.6) is 0 Å². The quantitative estimate of drug-likeness (QED) is 0.845. The maximum absolute atomic E-state index is 12.2. The highest BCUT2D eigenvalue weighted by atomic mass is 32.2. The van der Waals surface area contributed by atoms with Crippen molar-refractivity contribution in [3.63, 3.8) is 0 Å². The molecule has 6 nitrogen and oxygen atoms in total. The third-order valence-corrected chi connectivity index (χ3v) is 7.31. The van der Waals surface area contributed by atoms with E-state index in [2.05, 4.69) is 0 Å². The molecule has 116 valence electrons. The number of nitrogens with zero attached hydrogens (tertiary/aromatic N) is 2. The molecule has 0 atom stereocenters. The van der Waals surface area contributed by atoms with Crippen molar-refractivity contribution in [3.8, 4) is 0 Å². The fourth-order valence-electron chi connectivity index (χ4n) is 2.61. The summed E-state index contributed by atoms with van der Waals surface area (Å²) in [6, 6.07) is 3.19. The van der Waals surface area contributed by atoms with Crippen LogP contribution in [-0.4, -0.2) is 60.9 Å². The second-order valence-corrected chi connectivity index (χ2v) is 9.04. The van der Waals surface area contributed by atoms with Crippen molar-refractivity contribution in [3.05, 3.63) is 17.5 Å². The zero-order chi connectivity index (χ0) is 15.3. The predicted molar refractivity (Wildman–Crippen MR) is 78.4 cm³/mol. The molecule has 1 amide bonds. The van der Waals surface area contributed by atoms with Crippen molar-refractivity contribution in [1.82, 2.24) is 9.21 Å². The largest absolute Gasteiger partial charge is 0.386 e. The van der Waals surface area contributed by atoms with E-state index in [0.29, 0.717) is 19.0 Å². The minimum atomic E-state index is -3.60. The van der Waals surface area contributed by atoms with Gasteiger partial charge in [0.1, 0.15) is 9.81 Å². The second-order valence-electron chi connectivity index (χ2n) is 5.82. The molecule has 0 bridgehead atoms. The van der Waals surface area contributed by atoms with Crippen molar-refractivity contribution in [2.24, 2.45) is 5.92 Å². The highest BCUT2D eigenvalue weighted by molar-refractivity contribution is 7.91. The number of hydrogen-bond acceptors (Lipinski definition) is 5. The number of carbonyl (C=O) groups excluding carboxylic acids is 1. The third-order valence-electron chi connectivity index (χ3n) is 4.14. The van der Waals surface area contributed by atoms with Crippen molar-refractivity contribution in [1.29, 1.82) is 0 Å². The Morgan fingerprint density at radius 3 is 2.71 bits per heavy atom. The maximum Gasteiger partial charge on any atom is 0.252 e. The first-order valence-corrected chi connectivity index (χ1v) is 9.15. The van der Waals surface area contributed by atoms with E-state index in [4.69, 9.17) is 0 Å². The second kappa shape index (κ2) is 5.05. The first kappa shape index (κ1) is 15.0. The van der Waals surface area contributed by atoms with Crippen LogP contribution in [0.1, 0.15) is 12.8 Å². The van der Waals surface area contributed by atoms with Crippen molar-refractivity contribution in [2.45, 2.75) is 22.7 Å². The molecule has 2 heterocycles. The van der Waals surface area contributed by atoms with Gasteiger partial charge in [0.2, 0.25) is 5.91 Å². The van der Waals surface area contributed by atoms with Gasteiger partial charge in [0.15, 0.2) is 0 Å². The molecule has 0 radical (unpaired) electrons. The van der Waals surface area contributed by atoms with Crippen molar-refractivity contribution in [2.75, 3.05) is 26.7 Å². The van der Waals surface area contributed by atoms with E-state index >= 15 is 0 Å². The summed E-state index contributed by atoms with van der Waals surface area (Å²) in [6.45, 7) is 0.452.